The predicted octanol–water partition coefficient (Wildman–Crippen LogP) is 3.93. The van der Waals surface area contributed by atoms with Gasteiger partial charge in [0.05, 0.1) is 36.3 Å². The Balaban J connectivity index is 2.44. The number of benzene rings is 2. The Labute approximate surface area is 169 Å². The summed E-state index contributed by atoms with van der Waals surface area (Å²) in [4.78, 5) is 25.7. The summed E-state index contributed by atoms with van der Waals surface area (Å²) in [5.74, 6) is 0.00882. The SMILES string of the molecule is CCCN(Cc1ccc(C#N)cc1)C(=O)c1cc(OCC)c(OC)cc1[N+](=O)[O-]. The number of rotatable bonds is 9. The average molecular weight is 397 g/mol. The molecule has 0 atom stereocenters. The van der Waals surface area contributed by atoms with Crippen LogP contribution < -0.4 is 9.47 Å². The van der Waals surface area contributed by atoms with Crippen LogP contribution in [-0.4, -0.2) is 36.0 Å². The van der Waals surface area contributed by atoms with E-state index in [9.17, 15) is 14.9 Å². The van der Waals surface area contributed by atoms with Gasteiger partial charge in [-0.05, 0) is 31.0 Å². The number of nitriles is 1. The number of nitrogens with zero attached hydrogens (tertiary/aromatic N) is 3. The summed E-state index contributed by atoms with van der Waals surface area (Å²) >= 11 is 0. The molecule has 1 amide bonds. The number of nitro benzene ring substituents is 1. The zero-order chi connectivity index (χ0) is 21.4. The molecule has 8 heteroatoms. The zero-order valence-electron chi connectivity index (χ0n) is 16.7. The fourth-order valence-electron chi connectivity index (χ4n) is 2.90. The van der Waals surface area contributed by atoms with E-state index < -0.39 is 10.8 Å². The minimum absolute atomic E-state index is 0.0543. The molecule has 0 saturated carbocycles. The molecule has 29 heavy (non-hydrogen) atoms. The molecule has 2 aromatic carbocycles. The number of amides is 1. The number of hydrogen-bond acceptors (Lipinski definition) is 6. The van der Waals surface area contributed by atoms with E-state index in [2.05, 4.69) is 0 Å². The van der Waals surface area contributed by atoms with Crippen LogP contribution in [0.1, 0.15) is 41.8 Å². The van der Waals surface area contributed by atoms with E-state index in [0.29, 0.717) is 25.1 Å². The first kappa shape index (κ1) is 21.7. The number of carbonyl (C=O) groups is 1. The van der Waals surface area contributed by atoms with Crippen LogP contribution in [0.3, 0.4) is 0 Å². The lowest BCUT2D eigenvalue weighted by atomic mass is 10.1. The fourth-order valence-corrected chi connectivity index (χ4v) is 2.90. The lowest BCUT2D eigenvalue weighted by Crippen LogP contribution is -2.31. The largest absolute Gasteiger partial charge is 0.493 e. The second kappa shape index (κ2) is 10.1. The van der Waals surface area contributed by atoms with Crippen molar-refractivity contribution in [3.63, 3.8) is 0 Å². The summed E-state index contributed by atoms with van der Waals surface area (Å²) in [5.41, 5.74) is 0.957. The molecule has 0 saturated heterocycles. The highest BCUT2D eigenvalue weighted by molar-refractivity contribution is 5.99. The number of ether oxygens (including phenoxy) is 2. The van der Waals surface area contributed by atoms with Gasteiger partial charge in [0, 0.05) is 19.2 Å². The van der Waals surface area contributed by atoms with Crippen molar-refractivity contribution in [3.8, 4) is 17.6 Å². The predicted molar refractivity (Wildman–Crippen MR) is 107 cm³/mol. The van der Waals surface area contributed by atoms with E-state index in [1.807, 2.05) is 13.0 Å². The summed E-state index contributed by atoms with van der Waals surface area (Å²) in [6.07, 6.45) is 0.685. The first-order chi connectivity index (χ1) is 13.9. The van der Waals surface area contributed by atoms with E-state index in [-0.39, 0.29) is 29.3 Å². The molecule has 0 fully saturated rings. The third-order valence-electron chi connectivity index (χ3n) is 4.25. The molecular formula is C21H23N3O5. The maximum atomic E-state index is 13.2. The van der Waals surface area contributed by atoms with Crippen molar-refractivity contribution >= 4 is 11.6 Å². The van der Waals surface area contributed by atoms with Gasteiger partial charge in [-0.25, -0.2) is 0 Å². The third-order valence-corrected chi connectivity index (χ3v) is 4.25. The van der Waals surface area contributed by atoms with Gasteiger partial charge in [0.25, 0.3) is 11.6 Å². The molecule has 0 aliphatic heterocycles. The van der Waals surface area contributed by atoms with Crippen molar-refractivity contribution in [2.75, 3.05) is 20.3 Å². The van der Waals surface area contributed by atoms with Crippen molar-refractivity contribution in [1.29, 1.82) is 5.26 Å². The van der Waals surface area contributed by atoms with Gasteiger partial charge in [-0.3, -0.25) is 14.9 Å². The molecule has 152 valence electrons. The summed E-state index contributed by atoms with van der Waals surface area (Å²) in [7, 11) is 1.39. The first-order valence-electron chi connectivity index (χ1n) is 9.22. The normalized spacial score (nSPS) is 10.1. The third kappa shape index (κ3) is 5.23. The van der Waals surface area contributed by atoms with Crippen LogP contribution in [0, 0.1) is 21.4 Å². The van der Waals surface area contributed by atoms with Gasteiger partial charge in [0.15, 0.2) is 11.5 Å². The maximum absolute atomic E-state index is 13.2. The minimum atomic E-state index is -0.600. The van der Waals surface area contributed by atoms with Crippen molar-refractivity contribution < 1.29 is 19.2 Å². The van der Waals surface area contributed by atoms with Gasteiger partial charge in [0.1, 0.15) is 5.56 Å². The van der Waals surface area contributed by atoms with E-state index in [0.717, 1.165) is 5.56 Å². The summed E-state index contributed by atoms with van der Waals surface area (Å²) in [6, 6.07) is 11.5. The van der Waals surface area contributed by atoms with Crippen LogP contribution in [0.5, 0.6) is 11.5 Å². The molecule has 2 rings (SSSR count). The molecular weight excluding hydrogens is 374 g/mol. The molecule has 2 aromatic rings. The van der Waals surface area contributed by atoms with Crippen LogP contribution in [0.25, 0.3) is 0 Å². The highest BCUT2D eigenvalue weighted by Crippen LogP contribution is 2.35. The van der Waals surface area contributed by atoms with Crippen molar-refractivity contribution in [1.82, 2.24) is 4.90 Å². The number of nitro groups is 1. The molecule has 0 radical (unpaired) electrons. The Bertz CT molecular complexity index is 919. The first-order valence-corrected chi connectivity index (χ1v) is 9.22. The summed E-state index contributed by atoms with van der Waals surface area (Å²) < 4.78 is 10.7. The minimum Gasteiger partial charge on any atom is -0.493 e. The molecule has 0 aliphatic carbocycles. The van der Waals surface area contributed by atoms with E-state index >= 15 is 0 Å². The van der Waals surface area contributed by atoms with Gasteiger partial charge in [-0.2, -0.15) is 5.26 Å². The molecule has 0 heterocycles. The lowest BCUT2D eigenvalue weighted by Gasteiger charge is -2.23. The smallest absolute Gasteiger partial charge is 0.286 e. The van der Waals surface area contributed by atoms with Crippen LogP contribution in [0.2, 0.25) is 0 Å². The standard InChI is InChI=1S/C21H23N3O5/c1-4-10-23(14-16-8-6-15(13-22)7-9-16)21(25)17-11-20(29-5-2)19(28-3)12-18(17)24(26)27/h6-9,11-12H,4-5,10,14H2,1-3H3. The van der Waals surface area contributed by atoms with E-state index in [1.54, 1.807) is 36.1 Å². The second-order valence-corrected chi connectivity index (χ2v) is 6.25. The highest BCUT2D eigenvalue weighted by Gasteiger charge is 2.28. The Morgan fingerprint density at radius 3 is 2.41 bits per heavy atom. The molecule has 0 unspecified atom stereocenters. The second-order valence-electron chi connectivity index (χ2n) is 6.25. The van der Waals surface area contributed by atoms with E-state index in [1.165, 1.54) is 19.2 Å². The number of hydrogen-bond donors (Lipinski definition) is 0. The van der Waals surface area contributed by atoms with Gasteiger partial charge in [-0.1, -0.05) is 19.1 Å². The van der Waals surface area contributed by atoms with Crippen LogP contribution >= 0.6 is 0 Å². The summed E-state index contributed by atoms with van der Waals surface area (Å²) in [5, 5.41) is 20.5. The quantitative estimate of drug-likeness (QED) is 0.469. The van der Waals surface area contributed by atoms with Gasteiger partial charge in [0.2, 0.25) is 0 Å². The van der Waals surface area contributed by atoms with E-state index in [4.69, 9.17) is 14.7 Å². The maximum Gasteiger partial charge on any atom is 0.286 e. The highest BCUT2D eigenvalue weighted by atomic mass is 16.6. The Hall–Kier alpha value is -3.60. The molecule has 0 N–H and O–H groups in total. The van der Waals surface area contributed by atoms with Crippen molar-refractivity contribution in [2.24, 2.45) is 0 Å². The monoisotopic (exact) mass is 397 g/mol. The molecule has 0 bridgehead atoms. The number of methoxy groups -OCH3 is 1. The van der Waals surface area contributed by atoms with Gasteiger partial charge < -0.3 is 14.4 Å². The van der Waals surface area contributed by atoms with Gasteiger partial charge in [-0.15, -0.1) is 0 Å². The van der Waals surface area contributed by atoms with Crippen molar-refractivity contribution in [2.45, 2.75) is 26.8 Å². The van der Waals surface area contributed by atoms with Crippen LogP contribution in [0.4, 0.5) is 5.69 Å². The Morgan fingerprint density at radius 1 is 1.21 bits per heavy atom. The Kier molecular flexibility index (Phi) is 7.54. The van der Waals surface area contributed by atoms with Crippen LogP contribution in [-0.2, 0) is 6.54 Å². The molecule has 0 aliphatic rings. The number of carbonyl (C=O) groups excluding carboxylic acids is 1. The van der Waals surface area contributed by atoms with Gasteiger partial charge >= 0.3 is 0 Å². The average Bonchev–Trinajstić information content (AvgIpc) is 2.73. The molecule has 0 spiro atoms. The van der Waals surface area contributed by atoms with Crippen molar-refractivity contribution in [3.05, 3.63) is 63.2 Å². The van der Waals surface area contributed by atoms with Crippen LogP contribution in [0.15, 0.2) is 36.4 Å². The summed E-state index contributed by atoms with van der Waals surface area (Å²) in [6.45, 7) is 4.72. The zero-order valence-corrected chi connectivity index (χ0v) is 16.7. The topological polar surface area (TPSA) is 106 Å². The lowest BCUT2D eigenvalue weighted by molar-refractivity contribution is -0.385. The fraction of sp³-hybridized carbons (Fsp3) is 0.333. The molecule has 0 aromatic heterocycles. The Morgan fingerprint density at radius 2 is 1.90 bits per heavy atom. The molecule has 8 nitrogen and oxygen atoms in total.